The number of hydrogen-bond donors (Lipinski definition) is 0. The van der Waals surface area contributed by atoms with Crippen molar-refractivity contribution in [2.45, 2.75) is 64.6 Å². The van der Waals surface area contributed by atoms with E-state index in [2.05, 4.69) is 6.07 Å². The van der Waals surface area contributed by atoms with Gasteiger partial charge in [0.1, 0.15) is 11.6 Å². The number of carbonyl (C=O) groups is 3. The van der Waals surface area contributed by atoms with Gasteiger partial charge in [-0.1, -0.05) is 42.5 Å². The summed E-state index contributed by atoms with van der Waals surface area (Å²) in [5.41, 5.74) is 3.21. The van der Waals surface area contributed by atoms with Crippen molar-refractivity contribution in [1.29, 1.82) is 0 Å². The summed E-state index contributed by atoms with van der Waals surface area (Å²) in [6.07, 6.45) is 1.31. The normalized spacial score (nSPS) is 19.9. The molecule has 0 bridgehead atoms. The zero-order chi connectivity index (χ0) is 23.0. The predicted molar refractivity (Wildman–Crippen MR) is 122 cm³/mol. The number of nitrogens with zero attached hydrogens (tertiary/aromatic N) is 2. The molecule has 6 heteroatoms. The highest BCUT2D eigenvalue weighted by Gasteiger charge is 2.42. The summed E-state index contributed by atoms with van der Waals surface area (Å²) in [4.78, 5) is 42.5. The number of rotatable bonds is 3. The van der Waals surface area contributed by atoms with Crippen LogP contribution in [0.15, 0.2) is 48.5 Å². The van der Waals surface area contributed by atoms with E-state index in [0.717, 1.165) is 28.8 Å². The predicted octanol–water partition coefficient (Wildman–Crippen LogP) is 3.82. The lowest BCUT2D eigenvalue weighted by molar-refractivity contribution is -0.157. The van der Waals surface area contributed by atoms with E-state index in [-0.39, 0.29) is 24.3 Å². The molecule has 0 N–H and O–H groups in total. The number of ether oxygens (including phenoxy) is 1. The van der Waals surface area contributed by atoms with Gasteiger partial charge in [0.25, 0.3) is 0 Å². The summed E-state index contributed by atoms with van der Waals surface area (Å²) in [5, 5.41) is 0. The molecule has 0 radical (unpaired) electrons. The molecule has 0 saturated carbocycles. The van der Waals surface area contributed by atoms with Gasteiger partial charge in [-0.15, -0.1) is 0 Å². The third kappa shape index (κ3) is 4.27. The maximum absolute atomic E-state index is 13.7. The first-order chi connectivity index (χ1) is 15.2. The Kier molecular flexibility index (Phi) is 5.80. The Morgan fingerprint density at radius 1 is 1.00 bits per heavy atom. The van der Waals surface area contributed by atoms with E-state index in [1.165, 1.54) is 0 Å². The van der Waals surface area contributed by atoms with Gasteiger partial charge in [-0.2, -0.15) is 0 Å². The Bertz CT molecular complexity index is 1060. The molecule has 2 aliphatic heterocycles. The number of para-hydroxylation sites is 1. The van der Waals surface area contributed by atoms with Crippen LogP contribution in [0.25, 0.3) is 0 Å². The van der Waals surface area contributed by atoms with Crippen LogP contribution in [-0.4, -0.2) is 40.9 Å². The molecule has 2 aromatic rings. The first-order valence-corrected chi connectivity index (χ1v) is 11.1. The molecule has 2 amide bonds. The molecule has 32 heavy (non-hydrogen) atoms. The quantitative estimate of drug-likeness (QED) is 0.689. The van der Waals surface area contributed by atoms with E-state index >= 15 is 0 Å². The highest BCUT2D eigenvalue weighted by Crippen LogP contribution is 2.37. The molecule has 2 atom stereocenters. The number of amides is 2. The summed E-state index contributed by atoms with van der Waals surface area (Å²) < 4.78 is 5.64. The van der Waals surface area contributed by atoms with E-state index in [1.807, 2.05) is 63.2 Å². The lowest BCUT2D eigenvalue weighted by atomic mass is 9.90. The number of fused-ring (bicyclic) bond motifs is 2. The number of anilines is 1. The van der Waals surface area contributed by atoms with Gasteiger partial charge in [0.05, 0.1) is 12.5 Å². The Morgan fingerprint density at radius 3 is 2.34 bits per heavy atom. The van der Waals surface area contributed by atoms with Gasteiger partial charge in [-0.05, 0) is 49.9 Å². The first kappa shape index (κ1) is 22.1. The largest absolute Gasteiger partial charge is 0.458 e. The van der Waals surface area contributed by atoms with Gasteiger partial charge in [-0.3, -0.25) is 14.5 Å². The van der Waals surface area contributed by atoms with Crippen molar-refractivity contribution < 1.29 is 19.1 Å². The van der Waals surface area contributed by atoms with Crippen LogP contribution in [0.2, 0.25) is 0 Å². The van der Waals surface area contributed by atoms with Crippen molar-refractivity contribution in [3.05, 3.63) is 65.2 Å². The van der Waals surface area contributed by atoms with E-state index in [4.69, 9.17) is 4.74 Å². The lowest BCUT2D eigenvalue weighted by Crippen LogP contribution is -2.48. The Hall–Kier alpha value is -3.15. The minimum atomic E-state index is -0.705. The van der Waals surface area contributed by atoms with Crippen LogP contribution in [0.5, 0.6) is 0 Å². The maximum atomic E-state index is 13.7. The molecular formula is C26H30N2O4. The fourth-order valence-corrected chi connectivity index (χ4v) is 4.77. The topological polar surface area (TPSA) is 66.9 Å². The maximum Gasteiger partial charge on any atom is 0.330 e. The van der Waals surface area contributed by atoms with Crippen LogP contribution >= 0.6 is 0 Å². The molecule has 168 valence electrons. The number of esters is 1. The average Bonchev–Trinajstić information content (AvgIpc) is 3.12. The van der Waals surface area contributed by atoms with E-state index < -0.39 is 17.6 Å². The third-order valence-corrected chi connectivity index (χ3v) is 6.11. The highest BCUT2D eigenvalue weighted by atomic mass is 16.6. The minimum Gasteiger partial charge on any atom is -0.458 e. The molecule has 2 heterocycles. The molecule has 4 rings (SSSR count). The van der Waals surface area contributed by atoms with Crippen LogP contribution in [0.3, 0.4) is 0 Å². The van der Waals surface area contributed by atoms with Gasteiger partial charge >= 0.3 is 5.97 Å². The van der Waals surface area contributed by atoms with Gasteiger partial charge in [0.2, 0.25) is 11.8 Å². The van der Waals surface area contributed by atoms with Crippen molar-refractivity contribution in [3.8, 4) is 0 Å². The molecule has 6 nitrogen and oxygen atoms in total. The highest BCUT2D eigenvalue weighted by molar-refractivity contribution is 6.02. The molecule has 2 aromatic carbocycles. The summed E-state index contributed by atoms with van der Waals surface area (Å²) in [6, 6.07) is 14.5. The van der Waals surface area contributed by atoms with Crippen LogP contribution in [0, 0.1) is 0 Å². The summed E-state index contributed by atoms with van der Waals surface area (Å²) in [6.45, 7) is 7.59. The molecule has 0 aliphatic carbocycles. The van der Waals surface area contributed by atoms with Gasteiger partial charge in [0, 0.05) is 25.6 Å². The average molecular weight is 435 g/mol. The SMILES string of the molecule is CC(=O)N1CCc2ccccc2[C@H]1CC(=O)N1c2ccccc2C[C@H]1C(=O)OC(C)(C)C. The van der Waals surface area contributed by atoms with Gasteiger partial charge in [-0.25, -0.2) is 4.79 Å². The lowest BCUT2D eigenvalue weighted by Gasteiger charge is -2.37. The monoisotopic (exact) mass is 434 g/mol. The molecule has 0 fully saturated rings. The van der Waals surface area contributed by atoms with Crippen LogP contribution in [-0.2, 0) is 32.0 Å². The molecule has 0 saturated heterocycles. The van der Waals surface area contributed by atoms with E-state index in [9.17, 15) is 14.4 Å². The number of benzene rings is 2. The fourth-order valence-electron chi connectivity index (χ4n) is 4.77. The Labute approximate surface area is 189 Å². The molecule has 0 unspecified atom stereocenters. The van der Waals surface area contributed by atoms with E-state index in [0.29, 0.717) is 13.0 Å². The number of hydrogen-bond acceptors (Lipinski definition) is 4. The zero-order valence-corrected chi connectivity index (χ0v) is 19.1. The standard InChI is InChI=1S/C26H30N2O4/c1-17(29)27-14-13-18-9-5-7-11-20(18)22(27)16-24(30)28-21-12-8-6-10-19(21)15-23(28)25(31)32-26(2,3)4/h5-12,22-23H,13-16H2,1-4H3/t22-,23+/m1/s1. The van der Waals surface area contributed by atoms with Crippen molar-refractivity contribution in [2.75, 3.05) is 11.4 Å². The van der Waals surface area contributed by atoms with Gasteiger partial charge in [0.15, 0.2) is 0 Å². The van der Waals surface area contributed by atoms with Crippen LogP contribution < -0.4 is 4.90 Å². The summed E-state index contributed by atoms with van der Waals surface area (Å²) in [5.74, 6) is -0.643. The second-order valence-corrected chi connectivity index (χ2v) is 9.53. The van der Waals surface area contributed by atoms with Crippen LogP contribution in [0.1, 0.15) is 56.8 Å². The third-order valence-electron chi connectivity index (χ3n) is 6.11. The van der Waals surface area contributed by atoms with E-state index in [1.54, 1.807) is 16.7 Å². The summed E-state index contributed by atoms with van der Waals surface area (Å²) >= 11 is 0. The second-order valence-electron chi connectivity index (χ2n) is 9.53. The first-order valence-electron chi connectivity index (χ1n) is 11.1. The van der Waals surface area contributed by atoms with Crippen molar-refractivity contribution in [2.24, 2.45) is 0 Å². The Balaban J connectivity index is 1.66. The minimum absolute atomic E-state index is 0.0529. The second kappa shape index (κ2) is 8.41. The summed E-state index contributed by atoms with van der Waals surface area (Å²) in [7, 11) is 0. The van der Waals surface area contributed by atoms with Gasteiger partial charge < -0.3 is 9.64 Å². The molecule has 2 aliphatic rings. The van der Waals surface area contributed by atoms with Crippen molar-refractivity contribution in [3.63, 3.8) is 0 Å². The molecule has 0 spiro atoms. The Morgan fingerprint density at radius 2 is 1.66 bits per heavy atom. The van der Waals surface area contributed by atoms with Crippen LogP contribution in [0.4, 0.5) is 5.69 Å². The van der Waals surface area contributed by atoms with Crippen molar-refractivity contribution >= 4 is 23.5 Å². The zero-order valence-electron chi connectivity index (χ0n) is 19.1. The smallest absolute Gasteiger partial charge is 0.330 e. The van der Waals surface area contributed by atoms with Crippen molar-refractivity contribution in [1.82, 2.24) is 4.90 Å². The molecule has 0 aromatic heterocycles. The fraction of sp³-hybridized carbons (Fsp3) is 0.423. The molecular weight excluding hydrogens is 404 g/mol. The number of carbonyl (C=O) groups excluding carboxylic acids is 3.